The molecule has 3 aromatic rings. The van der Waals surface area contributed by atoms with E-state index in [4.69, 9.17) is 17.3 Å². The van der Waals surface area contributed by atoms with Gasteiger partial charge in [-0.25, -0.2) is 4.39 Å². The van der Waals surface area contributed by atoms with Crippen LogP contribution < -0.4 is 5.73 Å². The molecule has 0 radical (unpaired) electrons. The first-order valence-electron chi connectivity index (χ1n) is 11.3. The summed E-state index contributed by atoms with van der Waals surface area (Å²) in [5.74, 6) is 1.11. The van der Waals surface area contributed by atoms with Gasteiger partial charge in [-0.15, -0.1) is 10.2 Å². The number of amides is 1. The van der Waals surface area contributed by atoms with Crippen LogP contribution >= 0.6 is 23.4 Å². The van der Waals surface area contributed by atoms with Crippen LogP contribution in [0.2, 0.25) is 5.02 Å². The third-order valence-corrected chi connectivity index (χ3v) is 6.93. The van der Waals surface area contributed by atoms with E-state index >= 15 is 0 Å². The fourth-order valence-corrected chi connectivity index (χ4v) is 5.15. The number of aromatic nitrogens is 3. The number of primary amides is 1. The normalized spacial score (nSPS) is 12.1. The number of rotatable bonds is 13. The molecule has 2 aromatic carbocycles. The molecule has 1 atom stereocenters. The van der Waals surface area contributed by atoms with Crippen LogP contribution in [0.5, 0.6) is 0 Å². The van der Waals surface area contributed by atoms with Gasteiger partial charge in [-0.2, -0.15) is 0 Å². The molecule has 1 aromatic heterocycles. The third kappa shape index (κ3) is 7.57. The van der Waals surface area contributed by atoms with Gasteiger partial charge >= 0.3 is 0 Å². The highest BCUT2D eigenvalue weighted by Gasteiger charge is 2.21. The average Bonchev–Trinajstić information content (AvgIpc) is 3.19. The van der Waals surface area contributed by atoms with Crippen molar-refractivity contribution in [3.05, 3.63) is 76.3 Å². The quantitative estimate of drug-likeness (QED) is 0.293. The predicted molar refractivity (Wildman–Crippen MR) is 132 cm³/mol. The molecule has 1 heterocycles. The molecular weight excluding hydrogens is 459 g/mol. The van der Waals surface area contributed by atoms with Crippen molar-refractivity contribution in [3.8, 4) is 0 Å². The molecule has 1 unspecified atom stereocenters. The molecule has 0 fully saturated rings. The van der Waals surface area contributed by atoms with E-state index in [2.05, 4.69) is 33.8 Å². The lowest BCUT2D eigenvalue weighted by Crippen LogP contribution is -2.14. The zero-order chi connectivity index (χ0) is 23.6. The second kappa shape index (κ2) is 12.8. The molecule has 176 valence electrons. The van der Waals surface area contributed by atoms with Gasteiger partial charge in [0.1, 0.15) is 11.6 Å². The van der Waals surface area contributed by atoms with Gasteiger partial charge in [-0.3, -0.25) is 4.79 Å². The van der Waals surface area contributed by atoms with Crippen molar-refractivity contribution in [2.75, 3.05) is 0 Å². The Bertz CT molecular complexity index is 1040. The fraction of sp³-hybridized carbons (Fsp3) is 0.400. The van der Waals surface area contributed by atoms with Crippen LogP contribution in [-0.4, -0.2) is 20.7 Å². The largest absolute Gasteiger partial charge is 0.370 e. The minimum atomic E-state index is -0.347. The molecule has 0 spiro atoms. The molecule has 0 aliphatic rings. The molecule has 0 aliphatic carbocycles. The molecule has 2 N–H and O–H groups in total. The summed E-state index contributed by atoms with van der Waals surface area (Å²) in [6, 6.07) is 14.8. The van der Waals surface area contributed by atoms with Crippen LogP contribution in [0.25, 0.3) is 0 Å². The van der Waals surface area contributed by atoms with Crippen molar-refractivity contribution < 1.29 is 9.18 Å². The lowest BCUT2D eigenvalue weighted by Gasteiger charge is -2.18. The van der Waals surface area contributed by atoms with Gasteiger partial charge in [0.05, 0.1) is 0 Å². The standard InChI is InChI=1S/C25H30ClFN4OS/c1-2-7-19(10-6-11-23(28)32)24-29-30-25(31(24)15-14-18-8-4-3-5-9-18)33-17-20-12-13-21(27)16-22(20)26/h3-5,8-9,12-13,16,19H,2,6-7,10-11,14-15,17H2,1H3,(H2,28,32). The van der Waals surface area contributed by atoms with Gasteiger partial charge in [0.15, 0.2) is 5.16 Å². The summed E-state index contributed by atoms with van der Waals surface area (Å²) in [7, 11) is 0. The van der Waals surface area contributed by atoms with Crippen molar-refractivity contribution in [2.24, 2.45) is 5.73 Å². The monoisotopic (exact) mass is 488 g/mol. The number of aryl methyl sites for hydroxylation is 1. The van der Waals surface area contributed by atoms with E-state index in [9.17, 15) is 9.18 Å². The number of nitrogens with zero attached hydrogens (tertiary/aromatic N) is 3. The molecular formula is C25H30ClFN4OS. The Morgan fingerprint density at radius 1 is 1.18 bits per heavy atom. The molecule has 0 bridgehead atoms. The number of hydrogen-bond acceptors (Lipinski definition) is 4. The van der Waals surface area contributed by atoms with Crippen LogP contribution in [-0.2, 0) is 23.5 Å². The van der Waals surface area contributed by atoms with Crippen molar-refractivity contribution in [1.29, 1.82) is 0 Å². The van der Waals surface area contributed by atoms with E-state index in [1.54, 1.807) is 17.8 Å². The number of nitrogens with two attached hydrogens (primary N) is 1. The smallest absolute Gasteiger partial charge is 0.217 e. The van der Waals surface area contributed by atoms with Crippen LogP contribution in [0.15, 0.2) is 53.7 Å². The Morgan fingerprint density at radius 2 is 1.97 bits per heavy atom. The topological polar surface area (TPSA) is 73.8 Å². The number of carbonyl (C=O) groups excluding carboxylic acids is 1. The van der Waals surface area contributed by atoms with Gasteiger partial charge in [0.25, 0.3) is 0 Å². The molecule has 1 amide bonds. The zero-order valence-electron chi connectivity index (χ0n) is 18.8. The highest BCUT2D eigenvalue weighted by molar-refractivity contribution is 7.98. The summed E-state index contributed by atoms with van der Waals surface area (Å²) >= 11 is 7.77. The Kier molecular flexibility index (Phi) is 9.76. The fourth-order valence-electron chi connectivity index (χ4n) is 3.86. The van der Waals surface area contributed by atoms with E-state index in [-0.39, 0.29) is 17.6 Å². The van der Waals surface area contributed by atoms with Crippen LogP contribution in [0, 0.1) is 5.82 Å². The van der Waals surface area contributed by atoms with Gasteiger partial charge < -0.3 is 10.3 Å². The summed E-state index contributed by atoms with van der Waals surface area (Å²) in [6.07, 6.45) is 4.80. The third-order valence-electron chi connectivity index (χ3n) is 5.56. The van der Waals surface area contributed by atoms with Gasteiger partial charge in [-0.1, -0.05) is 73.1 Å². The number of carbonyl (C=O) groups is 1. The molecule has 0 saturated carbocycles. The molecule has 8 heteroatoms. The summed E-state index contributed by atoms with van der Waals surface area (Å²) in [5.41, 5.74) is 7.45. The molecule has 5 nitrogen and oxygen atoms in total. The molecule has 0 saturated heterocycles. The zero-order valence-corrected chi connectivity index (χ0v) is 20.4. The first-order valence-corrected chi connectivity index (χ1v) is 12.7. The Hall–Kier alpha value is -2.38. The van der Waals surface area contributed by atoms with Crippen molar-refractivity contribution in [1.82, 2.24) is 14.8 Å². The average molecular weight is 489 g/mol. The van der Waals surface area contributed by atoms with E-state index in [0.717, 1.165) is 55.2 Å². The van der Waals surface area contributed by atoms with E-state index in [0.29, 0.717) is 17.2 Å². The Balaban J connectivity index is 1.82. The number of thioether (sulfide) groups is 1. The molecule has 33 heavy (non-hydrogen) atoms. The second-order valence-electron chi connectivity index (χ2n) is 8.10. The Labute approximate surface area is 203 Å². The maximum absolute atomic E-state index is 13.4. The molecule has 0 aliphatic heterocycles. The minimum absolute atomic E-state index is 0.210. The van der Waals surface area contributed by atoms with Crippen LogP contribution in [0.1, 0.15) is 61.9 Å². The number of benzene rings is 2. The van der Waals surface area contributed by atoms with Gasteiger partial charge in [0.2, 0.25) is 5.91 Å². The predicted octanol–water partition coefficient (Wildman–Crippen LogP) is 6.14. The Morgan fingerprint density at radius 3 is 2.67 bits per heavy atom. The van der Waals surface area contributed by atoms with Crippen molar-refractivity contribution in [2.45, 2.75) is 68.8 Å². The highest BCUT2D eigenvalue weighted by atomic mass is 35.5. The SMILES string of the molecule is CCCC(CCCC(N)=O)c1nnc(SCc2ccc(F)cc2Cl)n1CCc1ccccc1. The van der Waals surface area contributed by atoms with Gasteiger partial charge in [-0.05, 0) is 48.9 Å². The summed E-state index contributed by atoms with van der Waals surface area (Å²) in [5, 5.41) is 10.3. The summed E-state index contributed by atoms with van der Waals surface area (Å²) < 4.78 is 15.6. The molecule has 3 rings (SSSR count). The van der Waals surface area contributed by atoms with Crippen LogP contribution in [0.3, 0.4) is 0 Å². The second-order valence-corrected chi connectivity index (χ2v) is 9.45. The minimum Gasteiger partial charge on any atom is -0.370 e. The number of halogens is 2. The highest BCUT2D eigenvalue weighted by Crippen LogP contribution is 2.31. The van der Waals surface area contributed by atoms with E-state index in [1.807, 2.05) is 18.2 Å². The van der Waals surface area contributed by atoms with Crippen molar-refractivity contribution in [3.63, 3.8) is 0 Å². The van der Waals surface area contributed by atoms with Crippen LogP contribution in [0.4, 0.5) is 4.39 Å². The van der Waals surface area contributed by atoms with E-state index in [1.165, 1.54) is 17.7 Å². The lowest BCUT2D eigenvalue weighted by molar-refractivity contribution is -0.118. The first kappa shape index (κ1) is 25.2. The van der Waals surface area contributed by atoms with Gasteiger partial charge in [0, 0.05) is 29.7 Å². The maximum Gasteiger partial charge on any atom is 0.217 e. The lowest BCUT2D eigenvalue weighted by atomic mass is 9.96. The van der Waals surface area contributed by atoms with Crippen molar-refractivity contribution >= 4 is 29.3 Å². The number of hydrogen-bond donors (Lipinski definition) is 1. The summed E-state index contributed by atoms with van der Waals surface area (Å²) in [4.78, 5) is 11.2. The van der Waals surface area contributed by atoms with E-state index < -0.39 is 0 Å². The maximum atomic E-state index is 13.4. The summed E-state index contributed by atoms with van der Waals surface area (Å²) in [6.45, 7) is 2.90. The first-order chi connectivity index (χ1) is 16.0.